The molecule has 1 aromatic carbocycles. The van der Waals surface area contributed by atoms with Gasteiger partial charge in [0.15, 0.2) is 0 Å². The fraction of sp³-hybridized carbons (Fsp3) is 0.412. The number of aromatic nitrogens is 2. The Labute approximate surface area is 138 Å². The molecule has 3 aromatic rings. The van der Waals surface area contributed by atoms with E-state index in [1.807, 2.05) is 23.5 Å². The van der Waals surface area contributed by atoms with Crippen molar-refractivity contribution in [3.8, 4) is 0 Å². The molecule has 2 aromatic heterocycles. The van der Waals surface area contributed by atoms with Gasteiger partial charge in [-0.1, -0.05) is 6.07 Å². The fourth-order valence-corrected chi connectivity index (χ4v) is 4.19. The lowest BCUT2D eigenvalue weighted by atomic mass is 10.2. The second kappa shape index (κ2) is 6.39. The molecule has 1 atom stereocenters. The summed E-state index contributed by atoms with van der Waals surface area (Å²) in [6.07, 6.45) is 2.65. The number of fused-ring (bicyclic) bond motifs is 1. The van der Waals surface area contributed by atoms with Crippen molar-refractivity contribution in [1.29, 1.82) is 0 Å². The molecule has 1 fully saturated rings. The molecule has 4 rings (SSSR count). The predicted molar refractivity (Wildman–Crippen MR) is 89.2 cm³/mol. The van der Waals surface area contributed by atoms with E-state index >= 15 is 0 Å². The first-order valence-electron chi connectivity index (χ1n) is 7.88. The van der Waals surface area contributed by atoms with Gasteiger partial charge in [0.25, 0.3) is 0 Å². The predicted octanol–water partition coefficient (Wildman–Crippen LogP) is 3.77. The first-order valence-corrected chi connectivity index (χ1v) is 8.69. The van der Waals surface area contributed by atoms with E-state index in [4.69, 9.17) is 9.37 Å². The van der Waals surface area contributed by atoms with Crippen LogP contribution in [0.5, 0.6) is 0 Å². The SMILES string of the molecule is CN(Cc1ccc2nonc2c1)Cc1ccc([C@H]2CCCO2)s1. The second-order valence-electron chi connectivity index (χ2n) is 6.07. The van der Waals surface area contributed by atoms with Crippen molar-refractivity contribution in [2.24, 2.45) is 0 Å². The van der Waals surface area contributed by atoms with Gasteiger partial charge in [0.1, 0.15) is 11.0 Å². The van der Waals surface area contributed by atoms with Gasteiger partial charge in [-0.05, 0) is 60.0 Å². The Kier molecular flexibility index (Phi) is 4.11. The minimum atomic E-state index is 0.320. The van der Waals surface area contributed by atoms with E-state index in [9.17, 15) is 0 Å². The fourth-order valence-electron chi connectivity index (χ4n) is 3.01. The zero-order chi connectivity index (χ0) is 15.6. The Balaban J connectivity index is 1.40. The lowest BCUT2D eigenvalue weighted by molar-refractivity contribution is 0.114. The molecule has 0 saturated carbocycles. The molecule has 0 amide bonds. The average molecular weight is 329 g/mol. The minimum absolute atomic E-state index is 0.320. The first-order chi connectivity index (χ1) is 11.3. The number of hydrogen-bond donors (Lipinski definition) is 0. The average Bonchev–Trinajstić information content (AvgIpc) is 3.27. The van der Waals surface area contributed by atoms with Crippen LogP contribution in [0, 0.1) is 0 Å². The molecule has 0 bridgehead atoms. The van der Waals surface area contributed by atoms with Gasteiger partial charge in [0, 0.05) is 29.5 Å². The summed E-state index contributed by atoms with van der Waals surface area (Å²) in [5, 5.41) is 7.74. The quantitative estimate of drug-likeness (QED) is 0.713. The summed E-state index contributed by atoms with van der Waals surface area (Å²) < 4.78 is 10.5. The summed E-state index contributed by atoms with van der Waals surface area (Å²) in [6, 6.07) is 10.5. The van der Waals surface area contributed by atoms with Gasteiger partial charge >= 0.3 is 0 Å². The highest BCUT2D eigenvalue weighted by Gasteiger charge is 2.19. The zero-order valence-electron chi connectivity index (χ0n) is 13.1. The third kappa shape index (κ3) is 3.29. The van der Waals surface area contributed by atoms with Crippen molar-refractivity contribution in [3.63, 3.8) is 0 Å². The van der Waals surface area contributed by atoms with Crippen molar-refractivity contribution >= 4 is 22.4 Å². The van der Waals surface area contributed by atoms with Gasteiger partial charge in [0.05, 0.1) is 6.10 Å². The van der Waals surface area contributed by atoms with Crippen LogP contribution in [0.4, 0.5) is 0 Å². The lowest BCUT2D eigenvalue weighted by Gasteiger charge is -2.15. The normalized spacial score (nSPS) is 18.3. The Bertz CT molecular complexity index is 792. The summed E-state index contributed by atoms with van der Waals surface area (Å²) >= 11 is 1.87. The van der Waals surface area contributed by atoms with Gasteiger partial charge in [-0.2, -0.15) is 0 Å². The second-order valence-corrected chi connectivity index (χ2v) is 7.27. The van der Waals surface area contributed by atoms with Crippen molar-refractivity contribution in [3.05, 3.63) is 45.6 Å². The summed E-state index contributed by atoms with van der Waals surface area (Å²) in [7, 11) is 2.14. The summed E-state index contributed by atoms with van der Waals surface area (Å²) in [6.45, 7) is 2.71. The Morgan fingerprint density at radius 1 is 1.17 bits per heavy atom. The van der Waals surface area contributed by atoms with Crippen LogP contribution < -0.4 is 0 Å². The Morgan fingerprint density at radius 2 is 2.09 bits per heavy atom. The number of hydrogen-bond acceptors (Lipinski definition) is 6. The molecule has 0 radical (unpaired) electrons. The molecular formula is C17H19N3O2S. The number of nitrogens with zero attached hydrogens (tertiary/aromatic N) is 3. The van der Waals surface area contributed by atoms with Gasteiger partial charge in [-0.15, -0.1) is 11.3 Å². The molecule has 0 spiro atoms. The summed E-state index contributed by atoms with van der Waals surface area (Å²) in [5.41, 5.74) is 2.83. The van der Waals surface area contributed by atoms with Crippen LogP contribution in [0.3, 0.4) is 0 Å². The van der Waals surface area contributed by atoms with Crippen molar-refractivity contribution in [1.82, 2.24) is 15.2 Å². The zero-order valence-corrected chi connectivity index (χ0v) is 13.9. The van der Waals surface area contributed by atoms with Crippen LogP contribution in [0.1, 0.15) is 34.3 Å². The standard InChI is InChI=1S/C17H19N3O2S/c1-20(10-12-4-6-14-15(9-12)19-22-18-14)11-13-5-7-17(23-13)16-3-2-8-21-16/h4-7,9,16H,2-3,8,10-11H2,1H3/t16-/m1/s1. The van der Waals surface area contributed by atoms with Gasteiger partial charge in [-0.3, -0.25) is 4.90 Å². The highest BCUT2D eigenvalue weighted by molar-refractivity contribution is 7.12. The molecule has 6 heteroatoms. The smallest absolute Gasteiger partial charge is 0.135 e. The molecule has 23 heavy (non-hydrogen) atoms. The first kappa shape index (κ1) is 14.8. The van der Waals surface area contributed by atoms with Crippen LogP contribution in [-0.2, 0) is 17.8 Å². The lowest BCUT2D eigenvalue weighted by Crippen LogP contribution is -2.16. The van der Waals surface area contributed by atoms with Crippen molar-refractivity contribution < 1.29 is 9.37 Å². The van der Waals surface area contributed by atoms with E-state index in [-0.39, 0.29) is 0 Å². The van der Waals surface area contributed by atoms with Gasteiger partial charge in [-0.25, -0.2) is 4.63 Å². The molecule has 0 unspecified atom stereocenters. The molecule has 1 aliphatic heterocycles. The van der Waals surface area contributed by atoms with Crippen LogP contribution >= 0.6 is 11.3 Å². The minimum Gasteiger partial charge on any atom is -0.373 e. The summed E-state index contributed by atoms with van der Waals surface area (Å²) in [5.74, 6) is 0. The molecule has 0 aliphatic carbocycles. The molecule has 1 saturated heterocycles. The van der Waals surface area contributed by atoms with Crippen molar-refractivity contribution in [2.75, 3.05) is 13.7 Å². The third-order valence-electron chi connectivity index (χ3n) is 4.13. The maximum atomic E-state index is 5.76. The largest absolute Gasteiger partial charge is 0.373 e. The highest BCUT2D eigenvalue weighted by atomic mass is 32.1. The van der Waals surface area contributed by atoms with E-state index in [1.54, 1.807) is 0 Å². The maximum absolute atomic E-state index is 5.76. The molecule has 1 aliphatic rings. The molecule has 120 valence electrons. The van der Waals surface area contributed by atoms with Crippen LogP contribution in [0.2, 0.25) is 0 Å². The Morgan fingerprint density at radius 3 is 2.96 bits per heavy atom. The van der Waals surface area contributed by atoms with E-state index in [0.29, 0.717) is 6.10 Å². The number of rotatable bonds is 5. The molecule has 3 heterocycles. The third-order valence-corrected chi connectivity index (χ3v) is 5.29. The van der Waals surface area contributed by atoms with Crippen molar-refractivity contribution in [2.45, 2.75) is 32.0 Å². The highest BCUT2D eigenvalue weighted by Crippen LogP contribution is 2.33. The topological polar surface area (TPSA) is 51.4 Å². The van der Waals surface area contributed by atoms with Crippen LogP contribution in [0.15, 0.2) is 35.0 Å². The number of ether oxygens (including phenoxy) is 1. The van der Waals surface area contributed by atoms with Crippen LogP contribution in [0.25, 0.3) is 11.0 Å². The van der Waals surface area contributed by atoms with E-state index in [0.717, 1.165) is 37.2 Å². The number of benzene rings is 1. The maximum Gasteiger partial charge on any atom is 0.135 e. The van der Waals surface area contributed by atoms with Gasteiger partial charge < -0.3 is 4.74 Å². The van der Waals surface area contributed by atoms with Crippen LogP contribution in [-0.4, -0.2) is 28.9 Å². The Hall–Kier alpha value is -1.76. The molecular weight excluding hydrogens is 310 g/mol. The number of thiophene rings is 1. The van der Waals surface area contributed by atoms with Gasteiger partial charge in [0.2, 0.25) is 0 Å². The molecule has 5 nitrogen and oxygen atoms in total. The van der Waals surface area contributed by atoms with E-state index in [1.165, 1.54) is 21.7 Å². The van der Waals surface area contributed by atoms with E-state index in [2.05, 4.69) is 40.5 Å². The summed E-state index contributed by atoms with van der Waals surface area (Å²) in [4.78, 5) is 5.04. The van der Waals surface area contributed by atoms with E-state index < -0.39 is 0 Å². The molecule has 0 N–H and O–H groups in total. The monoisotopic (exact) mass is 329 g/mol.